The highest BCUT2D eigenvalue weighted by Gasteiger charge is 2.04. The maximum absolute atomic E-state index is 3.89. The predicted molar refractivity (Wildman–Crippen MR) is 47.0 cm³/mol. The second kappa shape index (κ2) is 5.72. The number of rotatable bonds is 5. The molecule has 61 valence electrons. The van der Waals surface area contributed by atoms with Gasteiger partial charge >= 0.3 is 0 Å². The minimum Gasteiger partial charge on any atom is -0.301 e. The zero-order valence-corrected chi connectivity index (χ0v) is 7.56. The van der Waals surface area contributed by atoms with E-state index in [9.17, 15) is 0 Å². The van der Waals surface area contributed by atoms with Gasteiger partial charge in [-0.1, -0.05) is 13.3 Å². The highest BCUT2D eigenvalue weighted by molar-refractivity contribution is 4.62. The van der Waals surface area contributed by atoms with Crippen LogP contribution in [-0.4, -0.2) is 24.0 Å². The highest BCUT2D eigenvalue weighted by atomic mass is 15.1. The normalized spacial score (nSPS) is 11.4. The molecule has 0 aliphatic rings. The number of hydrogen-bond acceptors (Lipinski definition) is 1. The summed E-state index contributed by atoms with van der Waals surface area (Å²) in [5.74, 6) is 0. The van der Waals surface area contributed by atoms with Crippen LogP contribution >= 0.6 is 0 Å². The Balaban J connectivity index is 3.40. The monoisotopic (exact) mass is 142 g/mol. The van der Waals surface area contributed by atoms with Gasteiger partial charge in [0.25, 0.3) is 0 Å². The molecule has 0 aromatic heterocycles. The van der Waals surface area contributed by atoms with Crippen LogP contribution in [0.4, 0.5) is 0 Å². The number of hydrogen-bond donors (Lipinski definition) is 0. The Morgan fingerprint density at radius 2 is 2.00 bits per heavy atom. The van der Waals surface area contributed by atoms with Crippen molar-refractivity contribution in [1.29, 1.82) is 0 Å². The van der Waals surface area contributed by atoms with Gasteiger partial charge in [-0.05, 0) is 40.3 Å². The summed E-state index contributed by atoms with van der Waals surface area (Å²) in [6, 6.07) is 0.657. The van der Waals surface area contributed by atoms with E-state index in [1.807, 2.05) is 0 Å². The summed E-state index contributed by atoms with van der Waals surface area (Å²) in [5, 5.41) is 0. The molecule has 0 aromatic rings. The van der Waals surface area contributed by atoms with Gasteiger partial charge in [0, 0.05) is 6.04 Å². The fourth-order valence-corrected chi connectivity index (χ4v) is 0.989. The molecule has 1 nitrogen and oxygen atoms in total. The first kappa shape index (κ1) is 9.96. The first-order valence-electron chi connectivity index (χ1n) is 4.25. The Kier molecular flexibility index (Phi) is 5.70. The van der Waals surface area contributed by atoms with Gasteiger partial charge in [0.1, 0.15) is 0 Å². The van der Waals surface area contributed by atoms with Gasteiger partial charge in [0.15, 0.2) is 0 Å². The largest absolute Gasteiger partial charge is 0.301 e. The van der Waals surface area contributed by atoms with E-state index in [1.165, 1.54) is 19.4 Å². The van der Waals surface area contributed by atoms with Crippen molar-refractivity contribution >= 4 is 0 Å². The van der Waals surface area contributed by atoms with Crippen LogP contribution in [-0.2, 0) is 0 Å². The van der Waals surface area contributed by atoms with Crippen molar-refractivity contribution in [2.45, 2.75) is 39.7 Å². The molecular formula is C9H20N. The molecule has 0 aliphatic carbocycles. The molecule has 0 heterocycles. The maximum Gasteiger partial charge on any atom is 0.00385 e. The van der Waals surface area contributed by atoms with Gasteiger partial charge in [-0.2, -0.15) is 0 Å². The van der Waals surface area contributed by atoms with E-state index in [0.717, 1.165) is 6.54 Å². The molecule has 1 radical (unpaired) electrons. The van der Waals surface area contributed by atoms with E-state index >= 15 is 0 Å². The van der Waals surface area contributed by atoms with Gasteiger partial charge in [-0.3, -0.25) is 0 Å². The van der Waals surface area contributed by atoms with Crippen LogP contribution in [0, 0.1) is 6.92 Å². The van der Waals surface area contributed by atoms with E-state index in [2.05, 4.69) is 32.6 Å². The Labute approximate surface area is 65.4 Å². The average Bonchev–Trinajstić information content (AvgIpc) is 1.89. The third-order valence-corrected chi connectivity index (χ3v) is 1.82. The maximum atomic E-state index is 3.89. The lowest BCUT2D eigenvalue weighted by molar-refractivity contribution is 0.241. The molecule has 0 N–H and O–H groups in total. The molecule has 0 atom stereocenters. The SMILES string of the molecule is [CH2]CN(CCCC)C(C)C. The van der Waals surface area contributed by atoms with Crippen LogP contribution in [0.3, 0.4) is 0 Å². The van der Waals surface area contributed by atoms with Gasteiger partial charge < -0.3 is 4.90 Å². The molecule has 0 rings (SSSR count). The zero-order valence-electron chi connectivity index (χ0n) is 7.56. The molecule has 1 heteroatoms. The van der Waals surface area contributed by atoms with E-state index in [4.69, 9.17) is 0 Å². The molecule has 0 bridgehead atoms. The number of nitrogens with zero attached hydrogens (tertiary/aromatic N) is 1. The Hall–Kier alpha value is -0.0400. The Morgan fingerprint density at radius 1 is 1.40 bits per heavy atom. The van der Waals surface area contributed by atoms with E-state index < -0.39 is 0 Å². The second-order valence-electron chi connectivity index (χ2n) is 2.98. The zero-order chi connectivity index (χ0) is 7.98. The van der Waals surface area contributed by atoms with Crippen LogP contribution < -0.4 is 0 Å². The molecule has 0 aromatic carbocycles. The second-order valence-corrected chi connectivity index (χ2v) is 2.98. The summed E-state index contributed by atoms with van der Waals surface area (Å²) in [6.07, 6.45) is 2.58. The van der Waals surface area contributed by atoms with Crippen LogP contribution in [0.5, 0.6) is 0 Å². The molecule has 0 spiro atoms. The molecule has 10 heavy (non-hydrogen) atoms. The Morgan fingerprint density at radius 3 is 2.30 bits per heavy atom. The third-order valence-electron chi connectivity index (χ3n) is 1.82. The van der Waals surface area contributed by atoms with Crippen molar-refractivity contribution in [2.75, 3.05) is 13.1 Å². The van der Waals surface area contributed by atoms with Crippen LogP contribution in [0.1, 0.15) is 33.6 Å². The van der Waals surface area contributed by atoms with Crippen LogP contribution in [0.25, 0.3) is 0 Å². The summed E-state index contributed by atoms with van der Waals surface area (Å²) < 4.78 is 0. The van der Waals surface area contributed by atoms with E-state index in [-0.39, 0.29) is 0 Å². The molecule has 0 aliphatic heterocycles. The Bertz CT molecular complexity index is 69.1. The minimum atomic E-state index is 0.657. The van der Waals surface area contributed by atoms with E-state index in [0.29, 0.717) is 6.04 Å². The van der Waals surface area contributed by atoms with Crippen LogP contribution in [0.2, 0.25) is 0 Å². The molecule has 0 saturated carbocycles. The predicted octanol–water partition coefficient (Wildman–Crippen LogP) is 2.33. The molecule has 0 saturated heterocycles. The van der Waals surface area contributed by atoms with Crippen molar-refractivity contribution in [3.05, 3.63) is 6.92 Å². The van der Waals surface area contributed by atoms with Crippen LogP contribution in [0.15, 0.2) is 0 Å². The van der Waals surface area contributed by atoms with Crippen molar-refractivity contribution in [3.63, 3.8) is 0 Å². The van der Waals surface area contributed by atoms with Gasteiger partial charge in [-0.25, -0.2) is 0 Å². The molecular weight excluding hydrogens is 122 g/mol. The summed E-state index contributed by atoms with van der Waals surface area (Å²) in [7, 11) is 0. The van der Waals surface area contributed by atoms with Gasteiger partial charge in [-0.15, -0.1) is 0 Å². The summed E-state index contributed by atoms with van der Waals surface area (Å²) in [5.41, 5.74) is 0. The lowest BCUT2D eigenvalue weighted by atomic mass is 10.2. The quantitative estimate of drug-likeness (QED) is 0.569. The summed E-state index contributed by atoms with van der Waals surface area (Å²) in [6.45, 7) is 12.7. The topological polar surface area (TPSA) is 3.24 Å². The van der Waals surface area contributed by atoms with Gasteiger partial charge in [0.05, 0.1) is 0 Å². The molecule has 0 fully saturated rings. The average molecular weight is 142 g/mol. The smallest absolute Gasteiger partial charge is 0.00385 e. The van der Waals surface area contributed by atoms with Crippen molar-refractivity contribution in [1.82, 2.24) is 4.90 Å². The summed E-state index contributed by atoms with van der Waals surface area (Å²) >= 11 is 0. The van der Waals surface area contributed by atoms with Crippen molar-refractivity contribution in [2.24, 2.45) is 0 Å². The first-order valence-corrected chi connectivity index (χ1v) is 4.25. The highest BCUT2D eigenvalue weighted by Crippen LogP contribution is 1.99. The van der Waals surface area contributed by atoms with Crippen molar-refractivity contribution in [3.8, 4) is 0 Å². The van der Waals surface area contributed by atoms with E-state index in [1.54, 1.807) is 0 Å². The first-order chi connectivity index (χ1) is 4.72. The lowest BCUT2D eigenvalue weighted by Crippen LogP contribution is -2.31. The number of unbranched alkanes of at least 4 members (excludes halogenated alkanes) is 1. The van der Waals surface area contributed by atoms with Gasteiger partial charge in [0.2, 0.25) is 0 Å². The fourth-order valence-electron chi connectivity index (χ4n) is 0.989. The third kappa shape index (κ3) is 3.89. The molecule has 0 unspecified atom stereocenters. The standard InChI is InChI=1S/C9H20N/c1-5-7-8-10(6-2)9(3)4/h9H,2,5-8H2,1,3-4H3. The fraction of sp³-hybridized carbons (Fsp3) is 0.889. The lowest BCUT2D eigenvalue weighted by Gasteiger charge is -2.24. The minimum absolute atomic E-state index is 0.657. The summed E-state index contributed by atoms with van der Waals surface area (Å²) in [4.78, 5) is 2.39. The van der Waals surface area contributed by atoms with Crippen molar-refractivity contribution < 1.29 is 0 Å². The molecule has 0 amide bonds.